The number of benzene rings is 1. The molecule has 0 bridgehead atoms. The van der Waals surface area contributed by atoms with Crippen molar-refractivity contribution in [2.45, 2.75) is 6.54 Å². The average molecular weight is 273 g/mol. The third-order valence-electron chi connectivity index (χ3n) is 2.76. The highest BCUT2D eigenvalue weighted by atomic mass is 35.5. The lowest BCUT2D eigenvalue weighted by atomic mass is 10.1. The summed E-state index contributed by atoms with van der Waals surface area (Å²) in [5.74, 6) is 0. The minimum atomic E-state index is 0.675. The van der Waals surface area contributed by atoms with Crippen LogP contribution in [0.2, 0.25) is 5.02 Å². The minimum Gasteiger partial charge on any atom is -0.398 e. The number of ether oxygens (including phenoxy) is 2. The van der Waals surface area contributed by atoms with Crippen LogP contribution >= 0.6 is 11.6 Å². The Balaban J connectivity index is 2.68. The van der Waals surface area contributed by atoms with Gasteiger partial charge in [0.25, 0.3) is 0 Å². The highest BCUT2D eigenvalue weighted by Gasteiger charge is 2.10. The average Bonchev–Trinajstić information content (AvgIpc) is 2.36. The second kappa shape index (κ2) is 8.32. The molecule has 1 aromatic carbocycles. The van der Waals surface area contributed by atoms with Crippen LogP contribution in [-0.4, -0.2) is 45.4 Å². The first-order chi connectivity index (χ1) is 8.69. The molecule has 0 amide bonds. The van der Waals surface area contributed by atoms with E-state index in [-0.39, 0.29) is 0 Å². The maximum Gasteiger partial charge on any atom is 0.0589 e. The van der Waals surface area contributed by atoms with E-state index in [2.05, 4.69) is 4.90 Å². The Morgan fingerprint density at radius 1 is 1.17 bits per heavy atom. The number of anilines is 1. The highest BCUT2D eigenvalue weighted by molar-refractivity contribution is 6.31. The van der Waals surface area contributed by atoms with Gasteiger partial charge in [0.2, 0.25) is 0 Å². The number of nitrogens with two attached hydrogens (primary N) is 1. The molecule has 2 N–H and O–H groups in total. The monoisotopic (exact) mass is 272 g/mol. The van der Waals surface area contributed by atoms with Gasteiger partial charge in [0.15, 0.2) is 0 Å². The summed E-state index contributed by atoms with van der Waals surface area (Å²) >= 11 is 6.17. The molecule has 5 heteroatoms. The van der Waals surface area contributed by atoms with Crippen LogP contribution in [0.3, 0.4) is 0 Å². The molecule has 0 aliphatic carbocycles. The van der Waals surface area contributed by atoms with E-state index in [1.807, 2.05) is 18.2 Å². The molecule has 0 saturated carbocycles. The molecule has 4 nitrogen and oxygen atoms in total. The fraction of sp³-hybridized carbons (Fsp3) is 0.538. The van der Waals surface area contributed by atoms with Crippen molar-refractivity contribution in [1.82, 2.24) is 4.90 Å². The summed E-state index contributed by atoms with van der Waals surface area (Å²) in [5.41, 5.74) is 7.64. The number of halogens is 1. The van der Waals surface area contributed by atoms with Gasteiger partial charge in [-0.15, -0.1) is 0 Å². The molecule has 0 saturated heterocycles. The predicted molar refractivity (Wildman–Crippen MR) is 74.9 cm³/mol. The maximum absolute atomic E-state index is 6.17. The van der Waals surface area contributed by atoms with Crippen LogP contribution in [0.15, 0.2) is 18.2 Å². The molecule has 0 atom stereocenters. The summed E-state index contributed by atoms with van der Waals surface area (Å²) in [4.78, 5) is 2.21. The molecule has 0 aromatic heterocycles. The van der Waals surface area contributed by atoms with Crippen molar-refractivity contribution < 1.29 is 9.47 Å². The van der Waals surface area contributed by atoms with E-state index >= 15 is 0 Å². The summed E-state index contributed by atoms with van der Waals surface area (Å²) in [6.45, 7) is 3.70. The molecule has 0 aliphatic rings. The largest absolute Gasteiger partial charge is 0.398 e. The van der Waals surface area contributed by atoms with Gasteiger partial charge in [0, 0.05) is 50.1 Å². The lowest BCUT2D eigenvalue weighted by Gasteiger charge is -2.23. The number of nitrogen functional groups attached to an aromatic ring is 1. The normalized spacial score (nSPS) is 11.1. The Hall–Kier alpha value is -0.810. The highest BCUT2D eigenvalue weighted by Crippen LogP contribution is 2.23. The van der Waals surface area contributed by atoms with Crippen molar-refractivity contribution in [3.8, 4) is 0 Å². The lowest BCUT2D eigenvalue weighted by molar-refractivity contribution is 0.110. The third kappa shape index (κ3) is 4.82. The predicted octanol–water partition coefficient (Wildman–Crippen LogP) is 2.02. The molecule has 0 heterocycles. The second-order valence-corrected chi connectivity index (χ2v) is 4.48. The van der Waals surface area contributed by atoms with Gasteiger partial charge >= 0.3 is 0 Å². The summed E-state index contributed by atoms with van der Waals surface area (Å²) in [7, 11) is 3.39. The van der Waals surface area contributed by atoms with Crippen molar-refractivity contribution in [2.75, 3.05) is 46.3 Å². The summed E-state index contributed by atoms with van der Waals surface area (Å²) in [5, 5.41) is 0.704. The van der Waals surface area contributed by atoms with Crippen LogP contribution in [0.1, 0.15) is 5.56 Å². The van der Waals surface area contributed by atoms with Gasteiger partial charge in [-0.25, -0.2) is 0 Å². The van der Waals surface area contributed by atoms with Crippen LogP contribution in [0.25, 0.3) is 0 Å². The molecule has 1 rings (SSSR count). The summed E-state index contributed by atoms with van der Waals surface area (Å²) in [6, 6.07) is 5.58. The fourth-order valence-corrected chi connectivity index (χ4v) is 1.92. The molecule has 18 heavy (non-hydrogen) atoms. The molecule has 0 radical (unpaired) electrons. The van der Waals surface area contributed by atoms with Crippen molar-refractivity contribution in [1.29, 1.82) is 0 Å². The summed E-state index contributed by atoms with van der Waals surface area (Å²) in [6.07, 6.45) is 0. The standard InChI is InChI=1S/C13H21ClN2O2/c1-17-8-6-16(7-9-18-2)10-11-12(14)4-3-5-13(11)15/h3-5H,6-10,15H2,1-2H3. The Kier molecular flexibility index (Phi) is 7.05. The van der Waals surface area contributed by atoms with E-state index < -0.39 is 0 Å². The van der Waals surface area contributed by atoms with Crippen molar-refractivity contribution in [2.24, 2.45) is 0 Å². The molecular formula is C13H21ClN2O2. The van der Waals surface area contributed by atoms with Gasteiger partial charge in [-0.3, -0.25) is 4.90 Å². The zero-order valence-electron chi connectivity index (χ0n) is 11.0. The van der Waals surface area contributed by atoms with E-state index in [1.165, 1.54) is 0 Å². The molecule has 0 fully saturated rings. The van der Waals surface area contributed by atoms with Gasteiger partial charge in [0.1, 0.15) is 0 Å². The number of methoxy groups -OCH3 is 2. The van der Waals surface area contributed by atoms with Crippen LogP contribution in [-0.2, 0) is 16.0 Å². The van der Waals surface area contributed by atoms with Gasteiger partial charge < -0.3 is 15.2 Å². The van der Waals surface area contributed by atoms with E-state index in [4.69, 9.17) is 26.8 Å². The Bertz CT molecular complexity index is 333. The van der Waals surface area contributed by atoms with Gasteiger partial charge in [-0.2, -0.15) is 0 Å². The quantitative estimate of drug-likeness (QED) is 0.736. The Labute approximate surface area is 114 Å². The molecule has 102 valence electrons. The molecule has 0 aliphatic heterocycles. The van der Waals surface area contributed by atoms with Crippen molar-refractivity contribution >= 4 is 17.3 Å². The van der Waals surface area contributed by atoms with E-state index in [1.54, 1.807) is 14.2 Å². The van der Waals surface area contributed by atoms with Crippen molar-refractivity contribution in [3.05, 3.63) is 28.8 Å². The van der Waals surface area contributed by atoms with Crippen LogP contribution in [0, 0.1) is 0 Å². The molecular weight excluding hydrogens is 252 g/mol. The number of hydrogen-bond acceptors (Lipinski definition) is 4. The first kappa shape index (κ1) is 15.2. The zero-order chi connectivity index (χ0) is 13.4. The fourth-order valence-electron chi connectivity index (χ4n) is 1.68. The van der Waals surface area contributed by atoms with Gasteiger partial charge in [-0.1, -0.05) is 17.7 Å². The number of hydrogen-bond donors (Lipinski definition) is 1. The first-order valence-electron chi connectivity index (χ1n) is 5.92. The van der Waals surface area contributed by atoms with Gasteiger partial charge in [-0.05, 0) is 12.1 Å². The van der Waals surface area contributed by atoms with E-state index in [0.29, 0.717) is 24.8 Å². The Morgan fingerprint density at radius 2 is 1.78 bits per heavy atom. The zero-order valence-corrected chi connectivity index (χ0v) is 11.7. The minimum absolute atomic E-state index is 0.675. The van der Waals surface area contributed by atoms with Crippen LogP contribution < -0.4 is 5.73 Å². The molecule has 0 unspecified atom stereocenters. The molecule has 1 aromatic rings. The topological polar surface area (TPSA) is 47.7 Å². The first-order valence-corrected chi connectivity index (χ1v) is 6.30. The smallest absolute Gasteiger partial charge is 0.0589 e. The second-order valence-electron chi connectivity index (χ2n) is 4.07. The molecule has 0 spiro atoms. The summed E-state index contributed by atoms with van der Waals surface area (Å²) < 4.78 is 10.2. The van der Waals surface area contributed by atoms with Crippen molar-refractivity contribution in [3.63, 3.8) is 0 Å². The van der Waals surface area contributed by atoms with E-state index in [9.17, 15) is 0 Å². The van der Waals surface area contributed by atoms with Crippen LogP contribution in [0.4, 0.5) is 5.69 Å². The maximum atomic E-state index is 6.17. The SMILES string of the molecule is COCCN(CCOC)Cc1c(N)cccc1Cl. The van der Waals surface area contributed by atoms with E-state index in [0.717, 1.165) is 24.3 Å². The number of rotatable bonds is 8. The third-order valence-corrected chi connectivity index (χ3v) is 3.11. The lowest BCUT2D eigenvalue weighted by Crippen LogP contribution is -2.30. The number of nitrogens with zero attached hydrogens (tertiary/aromatic N) is 1. The van der Waals surface area contributed by atoms with Crippen LogP contribution in [0.5, 0.6) is 0 Å². The van der Waals surface area contributed by atoms with Gasteiger partial charge in [0.05, 0.1) is 13.2 Å². The Morgan fingerprint density at radius 3 is 2.28 bits per heavy atom.